The molecule has 130 valence electrons. The minimum absolute atomic E-state index is 0.236. The highest BCUT2D eigenvalue weighted by molar-refractivity contribution is 7.83. The van der Waals surface area contributed by atoms with Crippen LogP contribution < -0.4 is 10.0 Å². The fourth-order valence-electron chi connectivity index (χ4n) is 1.95. The van der Waals surface area contributed by atoms with Crippen LogP contribution in [0.5, 0.6) is 0 Å². The standard InChI is InChI=1S/C16H16F4N2OS/c1-11(22-15-5-3-2-4-14(15)17)10-21-24(23)13-8-6-12(7-9-13)16(18,19)20/h2-9,11,21-22H,10H2,1H3. The van der Waals surface area contributed by atoms with Gasteiger partial charge < -0.3 is 5.32 Å². The summed E-state index contributed by atoms with van der Waals surface area (Å²) in [6, 6.07) is 10.0. The van der Waals surface area contributed by atoms with E-state index in [0.29, 0.717) is 5.69 Å². The molecule has 3 nitrogen and oxygen atoms in total. The van der Waals surface area contributed by atoms with E-state index in [1.807, 2.05) is 0 Å². The highest BCUT2D eigenvalue weighted by atomic mass is 32.2. The van der Waals surface area contributed by atoms with E-state index in [9.17, 15) is 21.8 Å². The van der Waals surface area contributed by atoms with E-state index < -0.39 is 28.5 Å². The minimum Gasteiger partial charge on any atom is -0.379 e. The first-order valence-corrected chi connectivity index (χ1v) is 8.26. The Morgan fingerprint density at radius 3 is 2.29 bits per heavy atom. The Hall–Kier alpha value is -1.93. The van der Waals surface area contributed by atoms with Crippen molar-refractivity contribution in [2.75, 3.05) is 11.9 Å². The molecule has 8 heteroatoms. The van der Waals surface area contributed by atoms with Gasteiger partial charge in [0.2, 0.25) is 0 Å². The van der Waals surface area contributed by atoms with Crippen molar-refractivity contribution in [3.8, 4) is 0 Å². The highest BCUT2D eigenvalue weighted by Gasteiger charge is 2.30. The van der Waals surface area contributed by atoms with Crippen LogP contribution in [0.1, 0.15) is 12.5 Å². The minimum atomic E-state index is -4.42. The van der Waals surface area contributed by atoms with Gasteiger partial charge in [0, 0.05) is 12.6 Å². The molecular formula is C16H16F4N2OS. The first-order valence-electron chi connectivity index (χ1n) is 7.11. The van der Waals surface area contributed by atoms with Gasteiger partial charge in [-0.3, -0.25) is 0 Å². The van der Waals surface area contributed by atoms with Crippen LogP contribution in [0, 0.1) is 5.82 Å². The fourth-order valence-corrected chi connectivity index (χ4v) is 2.90. The zero-order valence-electron chi connectivity index (χ0n) is 12.7. The first kappa shape index (κ1) is 18.4. The number of halogens is 4. The summed E-state index contributed by atoms with van der Waals surface area (Å²) in [5.41, 5.74) is -0.468. The zero-order valence-corrected chi connectivity index (χ0v) is 13.5. The Bertz CT molecular complexity index is 704. The number of hydrogen-bond acceptors (Lipinski definition) is 2. The average Bonchev–Trinajstić information content (AvgIpc) is 2.54. The smallest absolute Gasteiger partial charge is 0.379 e. The molecule has 2 atom stereocenters. The summed E-state index contributed by atoms with van der Waals surface area (Å²) >= 11 is 0. The Morgan fingerprint density at radius 2 is 1.71 bits per heavy atom. The van der Waals surface area contributed by atoms with Gasteiger partial charge in [0.15, 0.2) is 0 Å². The number of alkyl halides is 3. The van der Waals surface area contributed by atoms with E-state index in [2.05, 4.69) is 10.0 Å². The Labute approximate surface area is 139 Å². The first-order chi connectivity index (χ1) is 11.3. The van der Waals surface area contributed by atoms with Gasteiger partial charge in [-0.25, -0.2) is 13.3 Å². The largest absolute Gasteiger partial charge is 0.416 e. The lowest BCUT2D eigenvalue weighted by Gasteiger charge is -2.16. The molecule has 0 radical (unpaired) electrons. The van der Waals surface area contributed by atoms with Crippen molar-refractivity contribution < 1.29 is 21.8 Å². The SMILES string of the molecule is CC(CNS(=O)c1ccc(C(F)(F)F)cc1)Nc1ccccc1F. The molecule has 0 saturated carbocycles. The van der Waals surface area contributed by atoms with Crippen LogP contribution in [0.4, 0.5) is 23.2 Å². The zero-order chi connectivity index (χ0) is 17.7. The van der Waals surface area contributed by atoms with Gasteiger partial charge in [-0.2, -0.15) is 13.2 Å². The second-order valence-corrected chi connectivity index (χ2v) is 6.46. The molecule has 0 aliphatic rings. The lowest BCUT2D eigenvalue weighted by molar-refractivity contribution is -0.137. The lowest BCUT2D eigenvalue weighted by atomic mass is 10.2. The molecule has 0 heterocycles. The van der Waals surface area contributed by atoms with Crippen LogP contribution >= 0.6 is 0 Å². The summed E-state index contributed by atoms with van der Waals surface area (Å²) in [5, 5.41) is 2.93. The van der Waals surface area contributed by atoms with E-state index in [1.165, 1.54) is 18.2 Å². The second kappa shape index (κ2) is 7.76. The Balaban J connectivity index is 1.89. The van der Waals surface area contributed by atoms with Crippen molar-refractivity contribution >= 4 is 16.7 Å². The van der Waals surface area contributed by atoms with E-state index >= 15 is 0 Å². The number of nitrogens with one attached hydrogen (secondary N) is 2. The van der Waals surface area contributed by atoms with Crippen LogP contribution in [0.25, 0.3) is 0 Å². The summed E-state index contributed by atoms with van der Waals surface area (Å²) in [7, 11) is -1.65. The van der Waals surface area contributed by atoms with Crippen molar-refractivity contribution in [2.24, 2.45) is 0 Å². The Kier molecular flexibility index (Phi) is 5.95. The fraction of sp³-hybridized carbons (Fsp3) is 0.250. The molecule has 0 aliphatic carbocycles. The van der Waals surface area contributed by atoms with E-state index in [1.54, 1.807) is 25.1 Å². The van der Waals surface area contributed by atoms with Crippen molar-refractivity contribution in [3.63, 3.8) is 0 Å². The van der Waals surface area contributed by atoms with Crippen LogP contribution in [-0.2, 0) is 17.2 Å². The molecule has 2 aromatic rings. The molecule has 0 aliphatic heterocycles. The topological polar surface area (TPSA) is 41.1 Å². The normalized spacial score (nSPS) is 14.2. The van der Waals surface area contributed by atoms with Crippen LogP contribution in [-0.4, -0.2) is 16.8 Å². The van der Waals surface area contributed by atoms with E-state index in [4.69, 9.17) is 0 Å². The molecule has 0 amide bonds. The maximum atomic E-state index is 13.5. The van der Waals surface area contributed by atoms with Gasteiger partial charge in [-0.15, -0.1) is 0 Å². The van der Waals surface area contributed by atoms with E-state index in [-0.39, 0.29) is 17.5 Å². The maximum Gasteiger partial charge on any atom is 0.416 e. The van der Waals surface area contributed by atoms with Gasteiger partial charge in [-0.05, 0) is 43.3 Å². The quantitative estimate of drug-likeness (QED) is 0.766. The second-order valence-electron chi connectivity index (χ2n) is 5.16. The molecule has 2 N–H and O–H groups in total. The van der Waals surface area contributed by atoms with E-state index in [0.717, 1.165) is 12.1 Å². The van der Waals surface area contributed by atoms with Crippen molar-refractivity contribution in [3.05, 3.63) is 59.9 Å². The van der Waals surface area contributed by atoms with Crippen LogP contribution in [0.3, 0.4) is 0 Å². The molecule has 24 heavy (non-hydrogen) atoms. The molecule has 0 spiro atoms. The lowest BCUT2D eigenvalue weighted by Crippen LogP contribution is -2.32. The number of anilines is 1. The Morgan fingerprint density at radius 1 is 1.08 bits per heavy atom. The molecular weight excluding hydrogens is 344 g/mol. The number of benzene rings is 2. The molecule has 2 aromatic carbocycles. The van der Waals surface area contributed by atoms with Crippen LogP contribution in [0.2, 0.25) is 0 Å². The summed E-state index contributed by atoms with van der Waals surface area (Å²) in [6.07, 6.45) is -4.42. The van der Waals surface area contributed by atoms with Gasteiger partial charge in [0.05, 0.1) is 16.1 Å². The molecule has 0 saturated heterocycles. The molecule has 2 rings (SSSR count). The highest BCUT2D eigenvalue weighted by Crippen LogP contribution is 2.29. The molecule has 0 aromatic heterocycles. The van der Waals surface area contributed by atoms with Gasteiger partial charge in [-0.1, -0.05) is 12.1 Å². The molecule has 2 unspecified atom stereocenters. The van der Waals surface area contributed by atoms with Gasteiger partial charge in [0.1, 0.15) is 16.8 Å². The van der Waals surface area contributed by atoms with Gasteiger partial charge in [0.25, 0.3) is 0 Å². The van der Waals surface area contributed by atoms with Gasteiger partial charge >= 0.3 is 6.18 Å². The number of para-hydroxylation sites is 1. The van der Waals surface area contributed by atoms with Crippen molar-refractivity contribution in [1.29, 1.82) is 0 Å². The number of rotatable bonds is 6. The summed E-state index contributed by atoms with van der Waals surface area (Å²) in [6.45, 7) is 2.01. The average molecular weight is 360 g/mol. The third-order valence-corrected chi connectivity index (χ3v) is 4.32. The predicted octanol–water partition coefficient (Wildman–Crippen LogP) is 3.96. The summed E-state index contributed by atoms with van der Waals surface area (Å²) < 4.78 is 65.7. The summed E-state index contributed by atoms with van der Waals surface area (Å²) in [5.74, 6) is -0.395. The van der Waals surface area contributed by atoms with Crippen LogP contribution in [0.15, 0.2) is 53.4 Å². The van der Waals surface area contributed by atoms with Crippen molar-refractivity contribution in [1.82, 2.24) is 4.72 Å². The molecule has 0 bridgehead atoms. The predicted molar refractivity (Wildman–Crippen MR) is 85.3 cm³/mol. The van der Waals surface area contributed by atoms with Crippen molar-refractivity contribution in [2.45, 2.75) is 24.0 Å². The summed E-state index contributed by atoms with van der Waals surface area (Å²) in [4.78, 5) is 0.237. The third-order valence-electron chi connectivity index (χ3n) is 3.19. The number of hydrogen-bond donors (Lipinski definition) is 2. The maximum absolute atomic E-state index is 13.5. The molecule has 0 fully saturated rings. The third kappa shape index (κ3) is 5.04. The monoisotopic (exact) mass is 360 g/mol.